The van der Waals surface area contributed by atoms with E-state index >= 15 is 0 Å². The zero-order valence-corrected chi connectivity index (χ0v) is 12.4. The molecule has 3 rings (SSSR count). The van der Waals surface area contributed by atoms with E-state index in [1.54, 1.807) is 6.26 Å². The molecule has 1 aromatic rings. The molecule has 3 heterocycles. The summed E-state index contributed by atoms with van der Waals surface area (Å²) in [5.74, 6) is 0.588. The minimum Gasteiger partial charge on any atom is -0.459 e. The second kappa shape index (κ2) is 5.60. The Hall–Kier alpha value is -1.29. The first-order valence-electron chi connectivity index (χ1n) is 7.80. The Balaban J connectivity index is 1.78. The third kappa shape index (κ3) is 2.49. The Kier molecular flexibility index (Phi) is 3.83. The molecule has 2 bridgehead atoms. The maximum Gasteiger partial charge on any atom is 0.290 e. The van der Waals surface area contributed by atoms with Gasteiger partial charge >= 0.3 is 0 Å². The van der Waals surface area contributed by atoms with Crippen molar-refractivity contribution in [2.24, 2.45) is 0 Å². The molecule has 1 amide bonds. The number of carbonyl (C=O) groups excluding carboxylic acids is 1. The van der Waals surface area contributed by atoms with Crippen LogP contribution >= 0.6 is 0 Å². The number of aryl methyl sites for hydroxylation is 1. The van der Waals surface area contributed by atoms with Crippen molar-refractivity contribution >= 4 is 5.91 Å². The summed E-state index contributed by atoms with van der Waals surface area (Å²) < 4.78 is 5.41. The summed E-state index contributed by atoms with van der Waals surface area (Å²) in [6.45, 7) is 4.89. The Morgan fingerprint density at radius 2 is 2.10 bits per heavy atom. The largest absolute Gasteiger partial charge is 0.459 e. The smallest absolute Gasteiger partial charge is 0.290 e. The van der Waals surface area contributed by atoms with E-state index in [9.17, 15) is 4.79 Å². The predicted molar refractivity (Wildman–Crippen MR) is 77.7 cm³/mol. The van der Waals surface area contributed by atoms with Gasteiger partial charge in [-0.2, -0.15) is 0 Å². The first-order chi connectivity index (χ1) is 9.69. The van der Waals surface area contributed by atoms with Crippen molar-refractivity contribution in [1.82, 2.24) is 10.2 Å². The number of hydrogen-bond acceptors (Lipinski definition) is 3. The molecule has 4 heteroatoms. The Morgan fingerprint density at radius 1 is 1.40 bits per heavy atom. The van der Waals surface area contributed by atoms with Crippen LogP contribution in [0.3, 0.4) is 0 Å². The quantitative estimate of drug-likeness (QED) is 0.919. The van der Waals surface area contributed by atoms with Gasteiger partial charge in [-0.05, 0) is 45.1 Å². The highest BCUT2D eigenvalue weighted by Crippen LogP contribution is 2.31. The van der Waals surface area contributed by atoms with Crippen LogP contribution in [-0.4, -0.2) is 35.5 Å². The highest BCUT2D eigenvalue weighted by atomic mass is 16.3. The van der Waals surface area contributed by atoms with Gasteiger partial charge in [0.1, 0.15) is 0 Å². The van der Waals surface area contributed by atoms with E-state index < -0.39 is 0 Å². The number of fused-ring (bicyclic) bond motifs is 2. The number of amides is 1. The number of nitrogens with zero attached hydrogens (tertiary/aromatic N) is 1. The molecule has 1 N–H and O–H groups in total. The fraction of sp³-hybridized carbons (Fsp3) is 0.688. The van der Waals surface area contributed by atoms with E-state index in [1.165, 1.54) is 12.8 Å². The van der Waals surface area contributed by atoms with Crippen LogP contribution in [0.15, 0.2) is 16.7 Å². The lowest BCUT2D eigenvalue weighted by molar-refractivity contribution is 0.0583. The molecule has 2 aliphatic rings. The molecule has 2 atom stereocenters. The summed E-state index contributed by atoms with van der Waals surface area (Å²) in [5.41, 5.74) is 0.938. The van der Waals surface area contributed by atoms with Gasteiger partial charge in [0.15, 0.2) is 5.76 Å². The maximum atomic E-state index is 12.8. The molecule has 0 spiro atoms. The lowest BCUT2D eigenvalue weighted by Gasteiger charge is -2.37. The van der Waals surface area contributed by atoms with E-state index in [1.807, 2.05) is 13.0 Å². The standard InChI is InChI=1S/C16H24N2O2/c1-3-7-18(16(19)15-11(2)6-8-20-15)14-9-12-4-5-13(10-14)17-12/h6,8,12-14,17H,3-5,7,9-10H2,1-2H3. The average Bonchev–Trinajstić information content (AvgIpc) is 3.01. The number of carbonyl (C=O) groups is 1. The highest BCUT2D eigenvalue weighted by molar-refractivity contribution is 5.93. The summed E-state index contributed by atoms with van der Waals surface area (Å²) in [6.07, 6.45) is 7.29. The van der Waals surface area contributed by atoms with E-state index in [-0.39, 0.29) is 5.91 Å². The predicted octanol–water partition coefficient (Wildman–Crippen LogP) is 2.72. The first-order valence-corrected chi connectivity index (χ1v) is 7.80. The third-order valence-electron chi connectivity index (χ3n) is 4.67. The molecule has 4 nitrogen and oxygen atoms in total. The van der Waals surface area contributed by atoms with Gasteiger partial charge in [-0.1, -0.05) is 6.92 Å². The molecule has 110 valence electrons. The monoisotopic (exact) mass is 276 g/mol. The normalized spacial score (nSPS) is 28.6. The van der Waals surface area contributed by atoms with Crippen LogP contribution in [0.5, 0.6) is 0 Å². The topological polar surface area (TPSA) is 45.5 Å². The number of piperidine rings is 1. The van der Waals surface area contributed by atoms with Gasteiger partial charge in [-0.3, -0.25) is 4.79 Å². The Bertz CT molecular complexity index is 471. The van der Waals surface area contributed by atoms with Crippen LogP contribution in [0, 0.1) is 6.92 Å². The summed E-state index contributed by atoms with van der Waals surface area (Å²) in [4.78, 5) is 14.8. The molecular formula is C16H24N2O2. The number of nitrogens with one attached hydrogen (secondary N) is 1. The minimum absolute atomic E-state index is 0.0700. The van der Waals surface area contributed by atoms with Crippen LogP contribution in [-0.2, 0) is 0 Å². The van der Waals surface area contributed by atoms with Gasteiger partial charge in [0.05, 0.1) is 6.26 Å². The van der Waals surface area contributed by atoms with Crippen molar-refractivity contribution < 1.29 is 9.21 Å². The molecule has 1 aromatic heterocycles. The van der Waals surface area contributed by atoms with Crippen LogP contribution in [0.1, 0.15) is 55.1 Å². The zero-order valence-electron chi connectivity index (χ0n) is 12.4. The van der Waals surface area contributed by atoms with Crippen LogP contribution in [0.4, 0.5) is 0 Å². The summed E-state index contributed by atoms with van der Waals surface area (Å²) in [6, 6.07) is 3.43. The second-order valence-electron chi connectivity index (χ2n) is 6.19. The summed E-state index contributed by atoms with van der Waals surface area (Å²) in [5, 5.41) is 3.64. The molecule has 2 unspecified atom stereocenters. The Morgan fingerprint density at radius 3 is 2.65 bits per heavy atom. The Labute approximate surface area is 120 Å². The van der Waals surface area contributed by atoms with Gasteiger partial charge < -0.3 is 14.6 Å². The fourth-order valence-corrected chi connectivity index (χ4v) is 3.69. The van der Waals surface area contributed by atoms with Gasteiger partial charge in [-0.15, -0.1) is 0 Å². The van der Waals surface area contributed by atoms with Crippen molar-refractivity contribution in [3.8, 4) is 0 Å². The van der Waals surface area contributed by atoms with Crippen LogP contribution in [0.2, 0.25) is 0 Å². The van der Waals surface area contributed by atoms with Crippen molar-refractivity contribution in [3.05, 3.63) is 23.7 Å². The molecule has 2 fully saturated rings. The van der Waals surface area contributed by atoms with Crippen molar-refractivity contribution in [2.45, 2.75) is 64.1 Å². The van der Waals surface area contributed by atoms with Crippen molar-refractivity contribution in [1.29, 1.82) is 0 Å². The molecular weight excluding hydrogens is 252 g/mol. The third-order valence-corrected chi connectivity index (χ3v) is 4.67. The number of rotatable bonds is 4. The van der Waals surface area contributed by atoms with E-state index in [2.05, 4.69) is 17.1 Å². The molecule has 20 heavy (non-hydrogen) atoms. The van der Waals surface area contributed by atoms with Gasteiger partial charge in [0.2, 0.25) is 0 Å². The zero-order chi connectivity index (χ0) is 14.1. The highest BCUT2D eigenvalue weighted by Gasteiger charge is 2.38. The molecule has 0 radical (unpaired) electrons. The van der Waals surface area contributed by atoms with Crippen molar-refractivity contribution in [3.63, 3.8) is 0 Å². The summed E-state index contributed by atoms with van der Waals surface area (Å²) in [7, 11) is 0. The molecule has 2 aliphatic heterocycles. The summed E-state index contributed by atoms with van der Waals surface area (Å²) >= 11 is 0. The molecule has 0 saturated carbocycles. The van der Waals surface area contributed by atoms with Gasteiger partial charge in [0.25, 0.3) is 5.91 Å². The van der Waals surface area contributed by atoms with E-state index in [0.717, 1.165) is 31.4 Å². The maximum absolute atomic E-state index is 12.8. The second-order valence-corrected chi connectivity index (χ2v) is 6.19. The minimum atomic E-state index is 0.0700. The molecule has 2 saturated heterocycles. The average molecular weight is 276 g/mol. The van der Waals surface area contributed by atoms with E-state index in [0.29, 0.717) is 23.9 Å². The lowest BCUT2D eigenvalue weighted by atomic mass is 9.97. The van der Waals surface area contributed by atoms with Gasteiger partial charge in [0, 0.05) is 30.2 Å². The van der Waals surface area contributed by atoms with Gasteiger partial charge in [-0.25, -0.2) is 0 Å². The van der Waals surface area contributed by atoms with E-state index in [4.69, 9.17) is 4.42 Å². The first kappa shape index (κ1) is 13.7. The molecule has 0 aromatic carbocycles. The number of furan rings is 1. The SMILES string of the molecule is CCCN(C(=O)c1occc1C)C1CC2CCC(C1)N2. The van der Waals surface area contributed by atoms with Crippen LogP contribution in [0.25, 0.3) is 0 Å². The fourth-order valence-electron chi connectivity index (χ4n) is 3.69. The lowest BCUT2D eigenvalue weighted by Crippen LogP contribution is -2.50. The number of hydrogen-bond donors (Lipinski definition) is 1. The van der Waals surface area contributed by atoms with Crippen molar-refractivity contribution in [2.75, 3.05) is 6.54 Å². The van der Waals surface area contributed by atoms with Crippen LogP contribution < -0.4 is 5.32 Å². The molecule has 0 aliphatic carbocycles.